The third-order valence-corrected chi connectivity index (χ3v) is 4.79. The number of rotatable bonds is 7. The van der Waals surface area contributed by atoms with E-state index in [1.807, 2.05) is 0 Å². The highest BCUT2D eigenvalue weighted by molar-refractivity contribution is 6.07. The van der Waals surface area contributed by atoms with E-state index in [-0.39, 0.29) is 40.7 Å². The van der Waals surface area contributed by atoms with E-state index in [0.717, 1.165) is 0 Å². The highest BCUT2D eigenvalue weighted by Gasteiger charge is 2.15. The van der Waals surface area contributed by atoms with Gasteiger partial charge >= 0.3 is 0 Å². The van der Waals surface area contributed by atoms with Crippen molar-refractivity contribution >= 4 is 29.0 Å². The number of para-hydroxylation sites is 1. The minimum atomic E-state index is -0.527. The fraction of sp³-hybridized carbons (Fsp3) is 0.160. The molecule has 3 aromatic rings. The van der Waals surface area contributed by atoms with Gasteiger partial charge in [-0.15, -0.1) is 0 Å². The lowest BCUT2D eigenvalue weighted by molar-refractivity contribution is -0.121. The fourth-order valence-corrected chi connectivity index (χ4v) is 3.06. The van der Waals surface area contributed by atoms with Crippen LogP contribution in [0.5, 0.6) is 11.5 Å². The standard InChI is InChI=1S/C25H24N2O5/c1-15(2)23(30)12-16-10-18(26-24(31)17-6-5-7-20(28)13-17)14-19(11-16)27-25(32)21-8-3-4-9-22(21)29/h3-11,13-15,28-29H,12H2,1-2H3,(H,26,31)(H,27,32). The predicted molar refractivity (Wildman–Crippen MR) is 122 cm³/mol. The maximum atomic E-state index is 12.6. The van der Waals surface area contributed by atoms with E-state index >= 15 is 0 Å². The molecule has 0 aliphatic heterocycles. The normalized spacial score (nSPS) is 10.6. The lowest BCUT2D eigenvalue weighted by atomic mass is 10.00. The lowest BCUT2D eigenvalue weighted by Gasteiger charge is -2.13. The molecular formula is C25H24N2O5. The first-order valence-electron chi connectivity index (χ1n) is 10.1. The molecule has 3 aromatic carbocycles. The van der Waals surface area contributed by atoms with Crippen LogP contribution in [0.4, 0.5) is 11.4 Å². The molecule has 0 fully saturated rings. The molecule has 0 saturated heterocycles. The summed E-state index contributed by atoms with van der Waals surface area (Å²) < 4.78 is 0. The first-order chi connectivity index (χ1) is 15.2. The quantitative estimate of drug-likeness (QED) is 0.442. The minimum Gasteiger partial charge on any atom is -0.508 e. The number of carbonyl (C=O) groups excluding carboxylic acids is 3. The molecule has 2 amide bonds. The number of phenolic OH excluding ortho intramolecular Hbond substituents is 2. The fourth-order valence-electron chi connectivity index (χ4n) is 3.06. The van der Waals surface area contributed by atoms with Crippen LogP contribution in [0.25, 0.3) is 0 Å². The number of hydrogen-bond donors (Lipinski definition) is 4. The van der Waals surface area contributed by atoms with Crippen LogP contribution in [0.3, 0.4) is 0 Å². The second-order valence-corrected chi connectivity index (χ2v) is 7.69. The summed E-state index contributed by atoms with van der Waals surface area (Å²) in [7, 11) is 0. The van der Waals surface area contributed by atoms with Crippen LogP contribution in [-0.4, -0.2) is 27.8 Å². The summed E-state index contributed by atoms with van der Waals surface area (Å²) in [6, 6.07) is 16.9. The molecule has 0 heterocycles. The van der Waals surface area contributed by atoms with Crippen molar-refractivity contribution in [2.24, 2.45) is 5.92 Å². The second-order valence-electron chi connectivity index (χ2n) is 7.69. The van der Waals surface area contributed by atoms with Gasteiger partial charge in [0.15, 0.2) is 0 Å². The molecule has 7 heteroatoms. The summed E-state index contributed by atoms with van der Waals surface area (Å²) >= 11 is 0. The third-order valence-electron chi connectivity index (χ3n) is 4.79. The third kappa shape index (κ3) is 5.72. The Balaban J connectivity index is 1.90. The first-order valence-corrected chi connectivity index (χ1v) is 10.1. The Morgan fingerprint density at radius 3 is 2.09 bits per heavy atom. The van der Waals surface area contributed by atoms with Gasteiger partial charge in [-0.05, 0) is 54.1 Å². The Morgan fingerprint density at radius 2 is 1.47 bits per heavy atom. The number of phenols is 2. The summed E-state index contributed by atoms with van der Waals surface area (Å²) in [5, 5.41) is 25.0. The Kier molecular flexibility index (Phi) is 6.90. The van der Waals surface area contributed by atoms with E-state index in [1.54, 1.807) is 56.3 Å². The average Bonchev–Trinajstić information content (AvgIpc) is 2.73. The van der Waals surface area contributed by atoms with Crippen molar-refractivity contribution in [2.45, 2.75) is 20.3 Å². The van der Waals surface area contributed by atoms with Crippen molar-refractivity contribution in [2.75, 3.05) is 10.6 Å². The molecule has 0 radical (unpaired) electrons. The Labute approximate surface area is 185 Å². The average molecular weight is 432 g/mol. The van der Waals surface area contributed by atoms with Crippen molar-refractivity contribution < 1.29 is 24.6 Å². The monoisotopic (exact) mass is 432 g/mol. The zero-order valence-corrected chi connectivity index (χ0v) is 17.8. The molecule has 0 saturated carbocycles. The lowest BCUT2D eigenvalue weighted by Crippen LogP contribution is -2.16. The number of anilines is 2. The molecule has 0 aromatic heterocycles. The highest BCUT2D eigenvalue weighted by Crippen LogP contribution is 2.24. The molecule has 164 valence electrons. The molecule has 3 rings (SSSR count). The number of nitrogens with one attached hydrogen (secondary N) is 2. The summed E-state index contributed by atoms with van der Waals surface area (Å²) in [6.45, 7) is 3.60. The molecule has 7 nitrogen and oxygen atoms in total. The van der Waals surface area contributed by atoms with Gasteiger partial charge < -0.3 is 20.8 Å². The van der Waals surface area contributed by atoms with E-state index in [1.165, 1.54) is 24.3 Å². The van der Waals surface area contributed by atoms with Gasteiger partial charge in [0.2, 0.25) is 0 Å². The summed E-state index contributed by atoms with van der Waals surface area (Å²) in [5.74, 6) is -1.33. The molecule has 0 atom stereocenters. The maximum absolute atomic E-state index is 12.6. The van der Waals surface area contributed by atoms with Crippen LogP contribution in [0, 0.1) is 5.92 Å². The summed E-state index contributed by atoms with van der Waals surface area (Å²) in [4.78, 5) is 37.5. The summed E-state index contributed by atoms with van der Waals surface area (Å²) in [5.41, 5.74) is 1.71. The molecule has 0 aliphatic rings. The first kappa shape index (κ1) is 22.6. The molecule has 0 bridgehead atoms. The van der Waals surface area contributed by atoms with Crippen molar-refractivity contribution in [3.8, 4) is 11.5 Å². The molecule has 0 aliphatic carbocycles. The van der Waals surface area contributed by atoms with Gasteiger partial charge in [0, 0.05) is 29.3 Å². The van der Waals surface area contributed by atoms with Crippen LogP contribution in [-0.2, 0) is 11.2 Å². The largest absolute Gasteiger partial charge is 0.508 e. The number of Topliss-reactive ketones (excluding diaryl/α,β-unsaturated/α-hetero) is 1. The van der Waals surface area contributed by atoms with E-state index in [9.17, 15) is 24.6 Å². The minimum absolute atomic E-state index is 0.0134. The van der Waals surface area contributed by atoms with Crippen LogP contribution in [0.1, 0.15) is 40.1 Å². The van der Waals surface area contributed by atoms with Crippen molar-refractivity contribution in [3.63, 3.8) is 0 Å². The Morgan fingerprint density at radius 1 is 0.812 bits per heavy atom. The molecule has 0 spiro atoms. The zero-order chi connectivity index (χ0) is 23.3. The molecule has 32 heavy (non-hydrogen) atoms. The van der Waals surface area contributed by atoms with Crippen LogP contribution in [0.2, 0.25) is 0 Å². The predicted octanol–water partition coefficient (Wildman–Crippen LogP) is 4.37. The second kappa shape index (κ2) is 9.78. The van der Waals surface area contributed by atoms with Gasteiger partial charge in [-0.25, -0.2) is 0 Å². The number of ketones is 1. The highest BCUT2D eigenvalue weighted by atomic mass is 16.3. The van der Waals surface area contributed by atoms with Gasteiger partial charge in [-0.3, -0.25) is 14.4 Å². The Bertz CT molecular complexity index is 1170. The smallest absolute Gasteiger partial charge is 0.259 e. The molecular weight excluding hydrogens is 408 g/mol. The van der Waals surface area contributed by atoms with Gasteiger partial charge in [-0.1, -0.05) is 32.0 Å². The van der Waals surface area contributed by atoms with Gasteiger partial charge in [0.05, 0.1) is 5.56 Å². The van der Waals surface area contributed by atoms with E-state index in [4.69, 9.17) is 0 Å². The van der Waals surface area contributed by atoms with E-state index in [0.29, 0.717) is 16.9 Å². The number of aromatic hydroxyl groups is 2. The molecule has 0 unspecified atom stereocenters. The topological polar surface area (TPSA) is 116 Å². The van der Waals surface area contributed by atoms with Crippen molar-refractivity contribution in [1.82, 2.24) is 0 Å². The SMILES string of the molecule is CC(C)C(=O)Cc1cc(NC(=O)c2cccc(O)c2)cc(NC(=O)c2ccccc2O)c1. The van der Waals surface area contributed by atoms with Gasteiger partial charge in [0.25, 0.3) is 11.8 Å². The van der Waals surface area contributed by atoms with Crippen molar-refractivity contribution in [1.29, 1.82) is 0 Å². The number of benzene rings is 3. The Hall–Kier alpha value is -4.13. The number of hydrogen-bond acceptors (Lipinski definition) is 5. The molecule has 4 N–H and O–H groups in total. The van der Waals surface area contributed by atoms with E-state index in [2.05, 4.69) is 10.6 Å². The van der Waals surface area contributed by atoms with Crippen molar-refractivity contribution in [3.05, 3.63) is 83.4 Å². The van der Waals surface area contributed by atoms with Gasteiger partial charge in [-0.2, -0.15) is 0 Å². The maximum Gasteiger partial charge on any atom is 0.259 e. The number of amides is 2. The van der Waals surface area contributed by atoms with Gasteiger partial charge in [0.1, 0.15) is 17.3 Å². The van der Waals surface area contributed by atoms with Crippen LogP contribution in [0.15, 0.2) is 66.7 Å². The van der Waals surface area contributed by atoms with Crippen LogP contribution >= 0.6 is 0 Å². The number of carbonyl (C=O) groups is 3. The van der Waals surface area contributed by atoms with Crippen LogP contribution < -0.4 is 10.6 Å². The summed E-state index contributed by atoms with van der Waals surface area (Å²) in [6.07, 6.45) is 0.132. The zero-order valence-electron chi connectivity index (χ0n) is 17.8. The van der Waals surface area contributed by atoms with E-state index < -0.39 is 11.8 Å².